The monoisotopic (exact) mass is 342 g/mol. The molecule has 1 atom stereocenters. The summed E-state index contributed by atoms with van der Waals surface area (Å²) in [6, 6.07) is 2.83. The molecular formula is C12H14ClF3N2O2S. The number of alkyl halides is 3. The SMILES string of the molecule is CC1CN(S(=O)(=O)c2c(Cl)cccc2C(F)(F)F)CCN1. The van der Waals surface area contributed by atoms with Gasteiger partial charge in [-0.1, -0.05) is 17.7 Å². The van der Waals surface area contributed by atoms with E-state index < -0.39 is 31.7 Å². The number of nitrogens with one attached hydrogen (secondary N) is 1. The lowest BCUT2D eigenvalue weighted by atomic mass is 10.2. The molecule has 1 N–H and O–H groups in total. The van der Waals surface area contributed by atoms with Crippen molar-refractivity contribution in [2.24, 2.45) is 0 Å². The molecule has 0 radical (unpaired) electrons. The van der Waals surface area contributed by atoms with Gasteiger partial charge in [0.25, 0.3) is 0 Å². The van der Waals surface area contributed by atoms with Crippen LogP contribution >= 0.6 is 11.6 Å². The summed E-state index contributed by atoms with van der Waals surface area (Å²) in [4.78, 5) is -0.867. The fourth-order valence-corrected chi connectivity index (χ4v) is 4.49. The molecule has 2 rings (SSSR count). The van der Waals surface area contributed by atoms with E-state index >= 15 is 0 Å². The molecule has 1 fully saturated rings. The fraction of sp³-hybridized carbons (Fsp3) is 0.500. The summed E-state index contributed by atoms with van der Waals surface area (Å²) in [6.07, 6.45) is -4.78. The minimum atomic E-state index is -4.78. The van der Waals surface area contributed by atoms with E-state index in [0.29, 0.717) is 6.54 Å². The van der Waals surface area contributed by atoms with E-state index in [1.165, 1.54) is 0 Å². The minimum Gasteiger partial charge on any atom is -0.312 e. The van der Waals surface area contributed by atoms with Gasteiger partial charge in [0.15, 0.2) is 0 Å². The zero-order valence-corrected chi connectivity index (χ0v) is 12.7. The summed E-state index contributed by atoms with van der Waals surface area (Å²) < 4.78 is 65.2. The van der Waals surface area contributed by atoms with Gasteiger partial charge in [0.05, 0.1) is 10.6 Å². The number of halogens is 4. The molecule has 1 aromatic rings. The highest BCUT2D eigenvalue weighted by Crippen LogP contribution is 2.38. The maximum absolute atomic E-state index is 13.0. The largest absolute Gasteiger partial charge is 0.417 e. The number of piperazine rings is 1. The first-order valence-electron chi connectivity index (χ1n) is 6.23. The van der Waals surface area contributed by atoms with Crippen LogP contribution in [0.15, 0.2) is 23.1 Å². The summed E-state index contributed by atoms with van der Waals surface area (Å²) in [7, 11) is -4.30. The van der Waals surface area contributed by atoms with E-state index in [1.807, 2.05) is 0 Å². The van der Waals surface area contributed by atoms with Gasteiger partial charge >= 0.3 is 6.18 Å². The highest BCUT2D eigenvalue weighted by Gasteiger charge is 2.41. The average molecular weight is 343 g/mol. The molecule has 1 saturated heterocycles. The molecule has 118 valence electrons. The molecule has 0 bridgehead atoms. The summed E-state index contributed by atoms with van der Waals surface area (Å²) >= 11 is 5.75. The maximum atomic E-state index is 13.0. The van der Waals surface area contributed by atoms with E-state index in [2.05, 4.69) is 5.32 Å². The fourth-order valence-electron chi connectivity index (χ4n) is 2.24. The zero-order chi connectivity index (χ0) is 15.8. The summed E-state index contributed by atoms with van der Waals surface area (Å²) in [5, 5.41) is 2.61. The van der Waals surface area contributed by atoms with Gasteiger partial charge in [-0.25, -0.2) is 8.42 Å². The molecule has 0 spiro atoms. The lowest BCUT2D eigenvalue weighted by Gasteiger charge is -2.31. The minimum absolute atomic E-state index is 0.102. The van der Waals surface area contributed by atoms with Crippen LogP contribution in [0.4, 0.5) is 13.2 Å². The van der Waals surface area contributed by atoms with Crippen molar-refractivity contribution in [2.75, 3.05) is 19.6 Å². The molecule has 0 aromatic heterocycles. The molecule has 9 heteroatoms. The van der Waals surface area contributed by atoms with Crippen LogP contribution < -0.4 is 5.32 Å². The number of hydrogen-bond acceptors (Lipinski definition) is 3. The van der Waals surface area contributed by atoms with Crippen molar-refractivity contribution in [3.8, 4) is 0 Å². The molecule has 1 unspecified atom stereocenters. The molecule has 1 heterocycles. The third-order valence-corrected chi connectivity index (χ3v) is 5.60. The predicted octanol–water partition coefficient (Wildman–Crippen LogP) is 2.34. The van der Waals surface area contributed by atoms with Crippen molar-refractivity contribution in [3.05, 3.63) is 28.8 Å². The van der Waals surface area contributed by atoms with Crippen LogP contribution in [0.2, 0.25) is 5.02 Å². The lowest BCUT2D eigenvalue weighted by Crippen LogP contribution is -2.51. The van der Waals surface area contributed by atoms with E-state index in [1.54, 1.807) is 6.92 Å². The van der Waals surface area contributed by atoms with Crippen LogP contribution in [-0.4, -0.2) is 38.4 Å². The van der Waals surface area contributed by atoms with Gasteiger partial charge in [0.1, 0.15) is 4.90 Å². The molecule has 21 heavy (non-hydrogen) atoms. The van der Waals surface area contributed by atoms with Gasteiger partial charge < -0.3 is 5.32 Å². The first-order chi connectivity index (χ1) is 9.64. The molecule has 1 aliphatic heterocycles. The van der Waals surface area contributed by atoms with Crippen molar-refractivity contribution >= 4 is 21.6 Å². The highest BCUT2D eigenvalue weighted by atomic mass is 35.5. The van der Waals surface area contributed by atoms with E-state index in [9.17, 15) is 21.6 Å². The van der Waals surface area contributed by atoms with Crippen molar-refractivity contribution in [2.45, 2.75) is 24.0 Å². The molecule has 1 aromatic carbocycles. The number of hydrogen-bond donors (Lipinski definition) is 1. The Morgan fingerprint density at radius 2 is 2.05 bits per heavy atom. The van der Waals surface area contributed by atoms with Crippen molar-refractivity contribution < 1.29 is 21.6 Å². The van der Waals surface area contributed by atoms with Gasteiger partial charge in [-0.3, -0.25) is 0 Å². The zero-order valence-electron chi connectivity index (χ0n) is 11.1. The Balaban J connectivity index is 2.54. The standard InChI is InChI=1S/C12H14ClF3N2O2S/c1-8-7-18(6-5-17-8)21(19,20)11-9(12(14,15)16)3-2-4-10(11)13/h2-4,8,17H,5-7H2,1H3. The second kappa shape index (κ2) is 5.75. The first kappa shape index (κ1) is 16.5. The van der Waals surface area contributed by atoms with Crippen LogP contribution in [-0.2, 0) is 16.2 Å². The number of rotatable bonds is 2. The van der Waals surface area contributed by atoms with Crippen molar-refractivity contribution in [1.82, 2.24) is 9.62 Å². The Morgan fingerprint density at radius 1 is 1.38 bits per heavy atom. The maximum Gasteiger partial charge on any atom is 0.417 e. The number of nitrogens with zero attached hydrogens (tertiary/aromatic N) is 1. The number of benzene rings is 1. The van der Waals surface area contributed by atoms with Gasteiger partial charge in [-0.05, 0) is 19.1 Å². The van der Waals surface area contributed by atoms with E-state index in [0.717, 1.165) is 22.5 Å². The number of sulfonamides is 1. The van der Waals surface area contributed by atoms with Crippen molar-refractivity contribution in [1.29, 1.82) is 0 Å². The summed E-state index contributed by atoms with van der Waals surface area (Å²) in [6.45, 7) is 2.35. The Kier molecular flexibility index (Phi) is 4.53. The van der Waals surface area contributed by atoms with Gasteiger partial charge in [-0.15, -0.1) is 0 Å². The molecule has 0 amide bonds. The first-order valence-corrected chi connectivity index (χ1v) is 8.05. The highest BCUT2D eigenvalue weighted by molar-refractivity contribution is 7.89. The Labute approximate surface area is 125 Å². The predicted molar refractivity (Wildman–Crippen MR) is 72.7 cm³/mol. The Morgan fingerprint density at radius 3 is 2.62 bits per heavy atom. The quantitative estimate of drug-likeness (QED) is 0.897. The van der Waals surface area contributed by atoms with Crippen molar-refractivity contribution in [3.63, 3.8) is 0 Å². The molecular weight excluding hydrogens is 329 g/mol. The third-order valence-electron chi connectivity index (χ3n) is 3.20. The molecule has 0 aliphatic carbocycles. The van der Waals surface area contributed by atoms with Gasteiger partial charge in [0, 0.05) is 25.7 Å². The second-order valence-electron chi connectivity index (χ2n) is 4.83. The smallest absolute Gasteiger partial charge is 0.312 e. The van der Waals surface area contributed by atoms with Crippen LogP contribution in [0, 0.1) is 0 Å². The lowest BCUT2D eigenvalue weighted by molar-refractivity contribution is -0.139. The van der Waals surface area contributed by atoms with Crippen LogP contribution in [0.25, 0.3) is 0 Å². The van der Waals surface area contributed by atoms with E-state index in [4.69, 9.17) is 11.6 Å². The molecule has 1 aliphatic rings. The van der Waals surface area contributed by atoms with Crippen LogP contribution in [0.5, 0.6) is 0 Å². The summed E-state index contributed by atoms with van der Waals surface area (Å²) in [5.41, 5.74) is -1.24. The third kappa shape index (κ3) is 3.33. The Hall–Kier alpha value is -0.830. The van der Waals surface area contributed by atoms with Crippen LogP contribution in [0.1, 0.15) is 12.5 Å². The van der Waals surface area contributed by atoms with Gasteiger partial charge in [0.2, 0.25) is 10.0 Å². The molecule has 0 saturated carbocycles. The topological polar surface area (TPSA) is 49.4 Å². The normalized spacial score (nSPS) is 21.5. The van der Waals surface area contributed by atoms with E-state index in [-0.39, 0.29) is 19.1 Å². The van der Waals surface area contributed by atoms with Crippen LogP contribution in [0.3, 0.4) is 0 Å². The average Bonchev–Trinajstić information content (AvgIpc) is 2.37. The van der Waals surface area contributed by atoms with Gasteiger partial charge in [-0.2, -0.15) is 17.5 Å². The summed E-state index contributed by atoms with van der Waals surface area (Å²) in [5.74, 6) is 0. The molecule has 4 nitrogen and oxygen atoms in total. The Bertz CT molecular complexity index is 634. The second-order valence-corrected chi connectivity index (χ2v) is 7.11.